The minimum Gasteiger partial charge on any atom is -0.461 e. The van der Waals surface area contributed by atoms with Crippen LogP contribution in [0.25, 0.3) is 0 Å². The average Bonchev–Trinajstić information content (AvgIpc) is 2.81. The highest BCUT2D eigenvalue weighted by Gasteiger charge is 2.18. The van der Waals surface area contributed by atoms with E-state index >= 15 is 0 Å². The Balaban J connectivity index is 2.17. The van der Waals surface area contributed by atoms with Crippen LogP contribution in [0.5, 0.6) is 0 Å². The molecule has 4 nitrogen and oxygen atoms in total. The van der Waals surface area contributed by atoms with Crippen molar-refractivity contribution >= 4 is 29.3 Å². The normalized spacial score (nSPS) is 10.3. The van der Waals surface area contributed by atoms with Crippen LogP contribution >= 0.6 is 23.3 Å². The first-order valence-corrected chi connectivity index (χ1v) is 6.72. The standard InChI is InChI=1S/C11H9FN2O2S2/c1-2-16-10(15)9-11(18-14-13-9)17-8-5-3-7(12)4-6-8/h3-6H,2H2,1H3. The van der Waals surface area contributed by atoms with E-state index in [2.05, 4.69) is 9.59 Å². The maximum atomic E-state index is 12.8. The van der Waals surface area contributed by atoms with Crippen molar-refractivity contribution in [2.24, 2.45) is 0 Å². The summed E-state index contributed by atoms with van der Waals surface area (Å²) in [5.41, 5.74) is 0.205. The fourth-order valence-electron chi connectivity index (χ4n) is 1.18. The zero-order valence-corrected chi connectivity index (χ0v) is 11.1. The summed E-state index contributed by atoms with van der Waals surface area (Å²) in [6.45, 7) is 2.02. The third kappa shape index (κ3) is 3.05. The third-order valence-electron chi connectivity index (χ3n) is 1.95. The molecule has 0 N–H and O–H groups in total. The van der Waals surface area contributed by atoms with Crippen molar-refractivity contribution in [2.75, 3.05) is 6.61 Å². The molecule has 2 rings (SSSR count). The summed E-state index contributed by atoms with van der Waals surface area (Å²) < 4.78 is 22.0. The number of nitrogens with zero attached hydrogens (tertiary/aromatic N) is 2. The summed E-state index contributed by atoms with van der Waals surface area (Å²) in [6, 6.07) is 5.99. The van der Waals surface area contributed by atoms with Crippen LogP contribution in [-0.4, -0.2) is 22.2 Å². The lowest BCUT2D eigenvalue weighted by Crippen LogP contribution is -2.06. The van der Waals surface area contributed by atoms with E-state index < -0.39 is 5.97 Å². The molecule has 1 aromatic heterocycles. The number of carbonyl (C=O) groups excluding carboxylic acids is 1. The quantitative estimate of drug-likeness (QED) is 0.808. The molecule has 1 aromatic carbocycles. The van der Waals surface area contributed by atoms with Gasteiger partial charge in [-0.1, -0.05) is 16.3 Å². The monoisotopic (exact) mass is 284 g/mol. The summed E-state index contributed by atoms with van der Waals surface area (Å²) in [4.78, 5) is 12.4. The highest BCUT2D eigenvalue weighted by molar-refractivity contribution is 8.01. The van der Waals surface area contributed by atoms with Crippen LogP contribution in [0.3, 0.4) is 0 Å². The Morgan fingerprint density at radius 3 is 2.83 bits per heavy atom. The first-order chi connectivity index (χ1) is 8.70. The van der Waals surface area contributed by atoms with Gasteiger partial charge in [0.2, 0.25) is 0 Å². The molecule has 0 atom stereocenters. The Labute approximate surface area is 111 Å². The third-order valence-corrected chi connectivity index (χ3v) is 3.83. The van der Waals surface area contributed by atoms with E-state index in [0.29, 0.717) is 4.21 Å². The molecular weight excluding hydrogens is 275 g/mol. The molecule has 0 aliphatic heterocycles. The number of hydrogen-bond acceptors (Lipinski definition) is 6. The fourth-order valence-corrected chi connectivity index (χ4v) is 2.83. The molecular formula is C11H9FN2O2S2. The van der Waals surface area contributed by atoms with Crippen LogP contribution in [0.1, 0.15) is 17.4 Å². The van der Waals surface area contributed by atoms with Crippen molar-refractivity contribution in [1.82, 2.24) is 9.59 Å². The first-order valence-electron chi connectivity index (χ1n) is 5.13. The summed E-state index contributed by atoms with van der Waals surface area (Å²) in [7, 11) is 0. The average molecular weight is 284 g/mol. The van der Waals surface area contributed by atoms with Crippen molar-refractivity contribution in [2.45, 2.75) is 16.0 Å². The number of aromatic nitrogens is 2. The second-order valence-corrected chi connectivity index (χ2v) is 5.28. The van der Waals surface area contributed by atoms with E-state index in [0.717, 1.165) is 16.4 Å². The van der Waals surface area contributed by atoms with Gasteiger partial charge in [-0.25, -0.2) is 9.18 Å². The summed E-state index contributed by atoms with van der Waals surface area (Å²) in [5, 5.41) is 3.75. The molecule has 94 valence electrons. The van der Waals surface area contributed by atoms with Crippen molar-refractivity contribution in [1.29, 1.82) is 0 Å². The number of hydrogen-bond donors (Lipinski definition) is 0. The molecule has 0 saturated heterocycles. The Bertz CT molecular complexity index is 542. The lowest BCUT2D eigenvalue weighted by molar-refractivity contribution is 0.0515. The predicted molar refractivity (Wildman–Crippen MR) is 66.4 cm³/mol. The van der Waals surface area contributed by atoms with Gasteiger partial charge < -0.3 is 4.74 Å². The van der Waals surface area contributed by atoms with Crippen molar-refractivity contribution in [3.8, 4) is 0 Å². The van der Waals surface area contributed by atoms with Gasteiger partial charge in [0.05, 0.1) is 6.61 Å². The Kier molecular flexibility index (Phi) is 4.27. The van der Waals surface area contributed by atoms with Crippen LogP contribution < -0.4 is 0 Å². The fraction of sp³-hybridized carbons (Fsp3) is 0.182. The highest BCUT2D eigenvalue weighted by Crippen LogP contribution is 2.32. The Morgan fingerprint density at radius 2 is 2.17 bits per heavy atom. The lowest BCUT2D eigenvalue weighted by atomic mass is 10.4. The van der Waals surface area contributed by atoms with Crippen molar-refractivity contribution < 1.29 is 13.9 Å². The minimum absolute atomic E-state index is 0.205. The molecule has 0 saturated carbocycles. The topological polar surface area (TPSA) is 52.1 Å². The summed E-state index contributed by atoms with van der Waals surface area (Å²) in [6.07, 6.45) is 0. The van der Waals surface area contributed by atoms with Crippen LogP contribution in [0.2, 0.25) is 0 Å². The number of rotatable bonds is 4. The molecule has 0 fully saturated rings. The van der Waals surface area contributed by atoms with Gasteiger partial charge in [0, 0.05) is 4.90 Å². The molecule has 7 heteroatoms. The van der Waals surface area contributed by atoms with Gasteiger partial charge in [0.25, 0.3) is 0 Å². The van der Waals surface area contributed by atoms with Gasteiger partial charge in [0.15, 0.2) is 5.69 Å². The van der Waals surface area contributed by atoms with Crippen LogP contribution in [0.15, 0.2) is 33.4 Å². The molecule has 1 heterocycles. The molecule has 0 aliphatic rings. The molecule has 0 unspecified atom stereocenters. The maximum Gasteiger partial charge on any atom is 0.361 e. The maximum absolute atomic E-state index is 12.8. The number of esters is 1. The van der Waals surface area contributed by atoms with Crippen LogP contribution in [-0.2, 0) is 4.74 Å². The molecule has 0 radical (unpaired) electrons. The molecule has 18 heavy (non-hydrogen) atoms. The number of halogens is 1. The van der Waals surface area contributed by atoms with E-state index in [4.69, 9.17) is 4.74 Å². The largest absolute Gasteiger partial charge is 0.461 e. The SMILES string of the molecule is CCOC(=O)c1nnsc1Sc1ccc(F)cc1. The van der Waals surface area contributed by atoms with E-state index in [-0.39, 0.29) is 18.1 Å². The second kappa shape index (κ2) is 5.92. The van der Waals surface area contributed by atoms with E-state index in [9.17, 15) is 9.18 Å². The van der Waals surface area contributed by atoms with Crippen LogP contribution in [0.4, 0.5) is 4.39 Å². The summed E-state index contributed by atoms with van der Waals surface area (Å²) >= 11 is 2.42. The van der Waals surface area contributed by atoms with Gasteiger partial charge in [-0.15, -0.1) is 5.10 Å². The van der Waals surface area contributed by atoms with Gasteiger partial charge in [-0.2, -0.15) is 0 Å². The zero-order valence-electron chi connectivity index (χ0n) is 9.42. The molecule has 2 aromatic rings. The smallest absolute Gasteiger partial charge is 0.361 e. The lowest BCUT2D eigenvalue weighted by Gasteiger charge is -2.01. The number of carbonyl (C=O) groups is 1. The Hall–Kier alpha value is -1.47. The number of benzene rings is 1. The highest BCUT2D eigenvalue weighted by atomic mass is 32.2. The van der Waals surface area contributed by atoms with Gasteiger partial charge in [-0.3, -0.25) is 0 Å². The Morgan fingerprint density at radius 1 is 1.44 bits per heavy atom. The zero-order chi connectivity index (χ0) is 13.0. The van der Waals surface area contributed by atoms with E-state index in [1.807, 2.05) is 0 Å². The summed E-state index contributed by atoms with van der Waals surface area (Å²) in [5.74, 6) is -0.789. The second-order valence-electron chi connectivity index (χ2n) is 3.19. The first kappa shape index (κ1) is 13.0. The van der Waals surface area contributed by atoms with Crippen molar-refractivity contribution in [3.63, 3.8) is 0 Å². The van der Waals surface area contributed by atoms with Gasteiger partial charge in [-0.05, 0) is 42.7 Å². The molecule has 0 spiro atoms. The van der Waals surface area contributed by atoms with Crippen molar-refractivity contribution in [3.05, 3.63) is 35.8 Å². The predicted octanol–water partition coefficient (Wildman–Crippen LogP) is 3.01. The van der Waals surface area contributed by atoms with Gasteiger partial charge >= 0.3 is 5.97 Å². The minimum atomic E-state index is -0.490. The molecule has 0 amide bonds. The molecule has 0 bridgehead atoms. The van der Waals surface area contributed by atoms with E-state index in [1.54, 1.807) is 19.1 Å². The van der Waals surface area contributed by atoms with Crippen LogP contribution in [0, 0.1) is 5.82 Å². The number of ether oxygens (including phenoxy) is 1. The van der Waals surface area contributed by atoms with E-state index in [1.165, 1.54) is 23.9 Å². The van der Waals surface area contributed by atoms with Gasteiger partial charge in [0.1, 0.15) is 10.0 Å². The molecule has 0 aliphatic carbocycles.